The number of anilines is 1. The van der Waals surface area contributed by atoms with Gasteiger partial charge in [-0.3, -0.25) is 10.1 Å². The van der Waals surface area contributed by atoms with Gasteiger partial charge in [-0.1, -0.05) is 0 Å². The highest BCUT2D eigenvalue weighted by atomic mass is 16.6. The molecule has 0 bridgehead atoms. The molecule has 0 radical (unpaired) electrons. The summed E-state index contributed by atoms with van der Waals surface area (Å²) in [6.45, 7) is 9.66. The lowest BCUT2D eigenvalue weighted by Gasteiger charge is -2.28. The maximum Gasteiger partial charge on any atom is 0.424 e. The number of carbonyl (C=O) groups excluding carboxylic acids is 2. The van der Waals surface area contributed by atoms with Crippen LogP contribution in [0, 0.1) is 21.4 Å². The van der Waals surface area contributed by atoms with Crippen molar-refractivity contribution in [2.75, 3.05) is 4.90 Å². The minimum atomic E-state index is -1.05. The molecular weight excluding hydrogens is 342 g/mol. The van der Waals surface area contributed by atoms with Crippen LogP contribution in [0.15, 0.2) is 18.2 Å². The summed E-state index contributed by atoms with van der Waals surface area (Å²) in [6, 6.07) is 5.02. The monoisotopic (exact) mass is 363 g/mol. The quantitative estimate of drug-likeness (QED) is 0.571. The molecule has 0 atom stereocenters. The van der Waals surface area contributed by atoms with E-state index in [1.165, 1.54) is 6.07 Å². The molecule has 0 aliphatic carbocycles. The summed E-state index contributed by atoms with van der Waals surface area (Å²) in [4.78, 5) is 35.9. The third-order valence-corrected chi connectivity index (χ3v) is 2.71. The van der Waals surface area contributed by atoms with Crippen molar-refractivity contribution in [2.45, 2.75) is 52.7 Å². The van der Waals surface area contributed by atoms with Crippen LogP contribution in [0.5, 0.6) is 0 Å². The van der Waals surface area contributed by atoms with Crippen molar-refractivity contribution < 1.29 is 24.0 Å². The van der Waals surface area contributed by atoms with Crippen LogP contribution in [0.1, 0.15) is 47.1 Å². The Kier molecular flexibility index (Phi) is 5.94. The lowest BCUT2D eigenvalue weighted by Crippen LogP contribution is -2.43. The predicted molar refractivity (Wildman–Crippen MR) is 92.8 cm³/mol. The first-order valence-electron chi connectivity index (χ1n) is 7.70. The van der Waals surface area contributed by atoms with E-state index in [2.05, 4.69) is 0 Å². The second kappa shape index (κ2) is 7.39. The summed E-state index contributed by atoms with van der Waals surface area (Å²) in [7, 11) is 0. The summed E-state index contributed by atoms with van der Waals surface area (Å²) >= 11 is 0. The fraction of sp³-hybridized carbons (Fsp3) is 0.471. The smallest absolute Gasteiger partial charge is 0.424 e. The van der Waals surface area contributed by atoms with Gasteiger partial charge in [0.1, 0.15) is 22.8 Å². The molecule has 0 aliphatic rings. The number of ether oxygens (including phenoxy) is 2. The molecule has 1 rings (SSSR count). The van der Waals surface area contributed by atoms with Crippen LogP contribution in [0.25, 0.3) is 0 Å². The van der Waals surface area contributed by atoms with Crippen LogP contribution >= 0.6 is 0 Å². The number of imide groups is 1. The van der Waals surface area contributed by atoms with E-state index in [0.29, 0.717) is 4.90 Å². The SMILES string of the molecule is CC(C)(C)OC(=O)N(C(=O)OC(C)(C)C)c1ccc(C#N)c([N+](=O)[O-])c1. The topological polar surface area (TPSA) is 123 Å². The number of amides is 2. The van der Waals surface area contributed by atoms with E-state index in [0.717, 1.165) is 12.1 Å². The number of rotatable bonds is 2. The number of hydrogen-bond acceptors (Lipinski definition) is 7. The van der Waals surface area contributed by atoms with Gasteiger partial charge < -0.3 is 9.47 Å². The molecule has 1 aromatic carbocycles. The summed E-state index contributed by atoms with van der Waals surface area (Å²) in [5.74, 6) is 0. The highest BCUT2D eigenvalue weighted by Crippen LogP contribution is 2.28. The Morgan fingerprint density at radius 2 is 1.54 bits per heavy atom. The molecule has 0 unspecified atom stereocenters. The molecule has 0 fully saturated rings. The first kappa shape index (κ1) is 20.9. The Hall–Kier alpha value is -3.15. The zero-order valence-electron chi connectivity index (χ0n) is 15.5. The number of nitro groups is 1. The van der Waals surface area contributed by atoms with Crippen molar-refractivity contribution >= 4 is 23.6 Å². The molecule has 0 saturated carbocycles. The molecule has 0 heterocycles. The molecule has 9 heteroatoms. The fourth-order valence-corrected chi connectivity index (χ4v) is 1.81. The Bertz CT molecular complexity index is 740. The summed E-state index contributed by atoms with van der Waals surface area (Å²) in [6.07, 6.45) is -2.10. The van der Waals surface area contributed by atoms with Gasteiger partial charge >= 0.3 is 12.2 Å². The van der Waals surface area contributed by atoms with Crippen molar-refractivity contribution in [3.63, 3.8) is 0 Å². The van der Waals surface area contributed by atoms with Crippen LogP contribution in [0.2, 0.25) is 0 Å². The van der Waals surface area contributed by atoms with Crippen LogP contribution < -0.4 is 4.90 Å². The number of hydrogen-bond donors (Lipinski definition) is 0. The van der Waals surface area contributed by atoms with Gasteiger partial charge in [-0.05, 0) is 53.7 Å². The number of nitrogens with zero attached hydrogens (tertiary/aromatic N) is 3. The molecular formula is C17H21N3O6. The van der Waals surface area contributed by atoms with E-state index in [1.807, 2.05) is 0 Å². The second-order valence-corrected chi connectivity index (χ2v) is 7.37. The Morgan fingerprint density at radius 3 is 1.88 bits per heavy atom. The van der Waals surface area contributed by atoms with Gasteiger partial charge in [0, 0.05) is 6.07 Å². The highest BCUT2D eigenvalue weighted by molar-refractivity contribution is 6.09. The average molecular weight is 363 g/mol. The Balaban J connectivity index is 3.43. The van der Waals surface area contributed by atoms with Crippen molar-refractivity contribution in [3.8, 4) is 6.07 Å². The van der Waals surface area contributed by atoms with E-state index < -0.39 is 34.0 Å². The van der Waals surface area contributed by atoms with E-state index in [4.69, 9.17) is 14.7 Å². The molecule has 2 amide bonds. The summed E-state index contributed by atoms with van der Waals surface area (Å²) in [5.41, 5.74) is -2.69. The number of carbonyl (C=O) groups is 2. The van der Waals surface area contributed by atoms with Gasteiger partial charge in [-0.2, -0.15) is 10.2 Å². The van der Waals surface area contributed by atoms with Crippen LogP contribution in [-0.4, -0.2) is 28.3 Å². The summed E-state index contributed by atoms with van der Waals surface area (Å²) in [5, 5.41) is 20.1. The fourth-order valence-electron chi connectivity index (χ4n) is 1.81. The molecule has 26 heavy (non-hydrogen) atoms. The molecule has 0 spiro atoms. The maximum atomic E-state index is 12.5. The largest absolute Gasteiger partial charge is 0.443 e. The van der Waals surface area contributed by atoms with E-state index in [1.54, 1.807) is 47.6 Å². The first-order valence-corrected chi connectivity index (χ1v) is 7.70. The van der Waals surface area contributed by atoms with Crippen molar-refractivity contribution in [2.24, 2.45) is 0 Å². The molecule has 9 nitrogen and oxygen atoms in total. The zero-order chi connectivity index (χ0) is 20.3. The van der Waals surface area contributed by atoms with Gasteiger partial charge in [-0.15, -0.1) is 0 Å². The first-order chi connectivity index (χ1) is 11.7. The van der Waals surface area contributed by atoms with Gasteiger partial charge in [0.25, 0.3) is 5.69 Å². The molecule has 0 aromatic heterocycles. The molecule has 140 valence electrons. The lowest BCUT2D eigenvalue weighted by molar-refractivity contribution is -0.385. The molecule has 0 saturated heterocycles. The zero-order valence-corrected chi connectivity index (χ0v) is 15.5. The Labute approximate surface area is 151 Å². The van der Waals surface area contributed by atoms with E-state index in [9.17, 15) is 19.7 Å². The van der Waals surface area contributed by atoms with Gasteiger partial charge in [0.05, 0.1) is 10.6 Å². The minimum absolute atomic E-state index is 0.140. The predicted octanol–water partition coefficient (Wildman–Crippen LogP) is 4.14. The normalized spacial score (nSPS) is 11.3. The lowest BCUT2D eigenvalue weighted by atomic mass is 10.1. The minimum Gasteiger partial charge on any atom is -0.443 e. The standard InChI is InChI=1S/C17H21N3O6/c1-16(2,3)25-14(21)19(15(22)26-17(4,5)6)12-8-7-11(10-18)13(9-12)20(23)24/h7-9H,1-6H3. The summed E-state index contributed by atoms with van der Waals surface area (Å²) < 4.78 is 10.4. The van der Waals surface area contributed by atoms with Crippen molar-refractivity contribution in [3.05, 3.63) is 33.9 Å². The number of nitriles is 1. The third kappa shape index (κ3) is 5.73. The highest BCUT2D eigenvalue weighted by Gasteiger charge is 2.33. The molecule has 0 aliphatic heterocycles. The van der Waals surface area contributed by atoms with E-state index in [-0.39, 0.29) is 11.3 Å². The van der Waals surface area contributed by atoms with Crippen molar-refractivity contribution in [1.82, 2.24) is 0 Å². The molecule has 1 aromatic rings. The van der Waals surface area contributed by atoms with E-state index >= 15 is 0 Å². The number of nitro benzene ring substituents is 1. The van der Waals surface area contributed by atoms with Crippen LogP contribution in [0.4, 0.5) is 21.0 Å². The van der Waals surface area contributed by atoms with Gasteiger partial charge in [0.2, 0.25) is 0 Å². The van der Waals surface area contributed by atoms with Gasteiger partial charge in [-0.25, -0.2) is 9.59 Å². The third-order valence-electron chi connectivity index (χ3n) is 2.71. The molecule has 0 N–H and O–H groups in total. The van der Waals surface area contributed by atoms with Crippen LogP contribution in [-0.2, 0) is 9.47 Å². The maximum absolute atomic E-state index is 12.5. The van der Waals surface area contributed by atoms with Gasteiger partial charge in [0.15, 0.2) is 0 Å². The van der Waals surface area contributed by atoms with Crippen LogP contribution in [0.3, 0.4) is 0 Å². The Morgan fingerprint density at radius 1 is 1.08 bits per heavy atom. The average Bonchev–Trinajstić information content (AvgIpc) is 2.43. The van der Waals surface area contributed by atoms with Crippen molar-refractivity contribution in [1.29, 1.82) is 5.26 Å². The number of benzene rings is 1. The second-order valence-electron chi connectivity index (χ2n) is 7.37.